The summed E-state index contributed by atoms with van der Waals surface area (Å²) in [6.45, 7) is 3.49. The van der Waals surface area contributed by atoms with E-state index >= 15 is 4.39 Å². The Morgan fingerprint density at radius 1 is 1.11 bits per heavy atom. The summed E-state index contributed by atoms with van der Waals surface area (Å²) < 4.78 is 55.6. The summed E-state index contributed by atoms with van der Waals surface area (Å²) in [4.78, 5) is 40.2. The van der Waals surface area contributed by atoms with Crippen molar-refractivity contribution in [3.8, 4) is 5.75 Å². The van der Waals surface area contributed by atoms with Crippen molar-refractivity contribution in [3.63, 3.8) is 0 Å². The van der Waals surface area contributed by atoms with Crippen molar-refractivity contribution in [3.05, 3.63) is 93.2 Å². The normalized spacial score (nSPS) is 19.2. The summed E-state index contributed by atoms with van der Waals surface area (Å²) in [5, 5.41) is 4.20. The molecular formula is C27H24F3N3O5. The maximum Gasteiger partial charge on any atom is 0.514 e. The number of benzene rings is 2. The maximum atomic E-state index is 15.3. The third-order valence-corrected chi connectivity index (χ3v) is 6.79. The van der Waals surface area contributed by atoms with Crippen molar-refractivity contribution in [2.24, 2.45) is 0 Å². The Labute approximate surface area is 215 Å². The summed E-state index contributed by atoms with van der Waals surface area (Å²) in [7, 11) is 0. The number of fused-ring (bicyclic) bond motifs is 2. The summed E-state index contributed by atoms with van der Waals surface area (Å²) in [5.74, 6) is -5.00. The molecule has 0 bridgehead atoms. The molecule has 3 aromatic rings. The summed E-state index contributed by atoms with van der Waals surface area (Å²) in [6.07, 6.45) is 0.243. The van der Waals surface area contributed by atoms with Crippen molar-refractivity contribution in [2.75, 3.05) is 6.54 Å². The van der Waals surface area contributed by atoms with E-state index in [2.05, 4.69) is 5.10 Å². The van der Waals surface area contributed by atoms with Gasteiger partial charge in [-0.1, -0.05) is 24.3 Å². The maximum absolute atomic E-state index is 15.3. The number of nitrogens with zero attached hydrogens (tertiary/aromatic N) is 3. The molecular weight excluding hydrogens is 503 g/mol. The second kappa shape index (κ2) is 9.96. The summed E-state index contributed by atoms with van der Waals surface area (Å²) in [6, 6.07) is 7.74. The predicted molar refractivity (Wildman–Crippen MR) is 128 cm³/mol. The molecule has 1 unspecified atom stereocenters. The molecule has 1 saturated heterocycles. The first-order chi connectivity index (χ1) is 18.2. The van der Waals surface area contributed by atoms with E-state index in [-0.39, 0.29) is 11.3 Å². The van der Waals surface area contributed by atoms with E-state index < -0.39 is 64.8 Å². The van der Waals surface area contributed by atoms with Crippen molar-refractivity contribution in [1.29, 1.82) is 0 Å². The van der Waals surface area contributed by atoms with Crippen LogP contribution >= 0.6 is 0 Å². The first kappa shape index (κ1) is 25.5. The quantitative estimate of drug-likeness (QED) is 0.452. The number of carbonyl (C=O) groups is 2. The minimum Gasteiger partial charge on any atom is -0.431 e. The Morgan fingerprint density at radius 2 is 1.87 bits per heavy atom. The monoisotopic (exact) mass is 527 g/mol. The molecule has 1 amide bonds. The number of hydrogen-bond acceptors (Lipinski definition) is 6. The molecule has 8 nitrogen and oxygen atoms in total. The zero-order chi connectivity index (χ0) is 27.1. The van der Waals surface area contributed by atoms with E-state index in [1.807, 2.05) is 0 Å². The first-order valence-electron chi connectivity index (χ1n) is 12.2. The number of ether oxygens (including phenoxy) is 2. The minimum absolute atomic E-state index is 0.0741. The fraction of sp³-hybridized carbons (Fsp3) is 0.333. The standard InChI is InChI=1S/C27H24F3N3O5/c1-14(2)37-27(36)38-25-20(34)13-31-33-23(19-10-5-11-32(19)26(35)24(25)33)21(15-6-3-7-16(28)12-15)17-8-4-9-18(29)22(17)30/h3-4,6-9,12-14,19,21,23H,5,10-11H2,1-2H3/t19-,21?,23-/m1/s1. The largest absolute Gasteiger partial charge is 0.514 e. The topological polar surface area (TPSA) is 90.7 Å². The van der Waals surface area contributed by atoms with Gasteiger partial charge in [0.15, 0.2) is 17.3 Å². The number of amides is 1. The lowest BCUT2D eigenvalue weighted by atomic mass is 9.79. The van der Waals surface area contributed by atoms with Gasteiger partial charge in [-0.15, -0.1) is 0 Å². The predicted octanol–water partition coefficient (Wildman–Crippen LogP) is 4.58. The fourth-order valence-electron chi connectivity index (χ4n) is 5.35. The van der Waals surface area contributed by atoms with E-state index in [4.69, 9.17) is 9.47 Å². The number of carbonyl (C=O) groups excluding carboxylic acids is 2. The molecule has 0 saturated carbocycles. The van der Waals surface area contributed by atoms with Gasteiger partial charge in [-0.3, -0.25) is 9.59 Å². The van der Waals surface area contributed by atoms with Crippen molar-refractivity contribution < 1.29 is 32.2 Å². The second-order valence-corrected chi connectivity index (χ2v) is 9.52. The number of aromatic nitrogens is 2. The molecule has 0 spiro atoms. The van der Waals surface area contributed by atoms with Gasteiger partial charge in [-0.2, -0.15) is 5.10 Å². The van der Waals surface area contributed by atoms with Gasteiger partial charge in [0, 0.05) is 18.0 Å². The smallest absolute Gasteiger partial charge is 0.431 e. The van der Waals surface area contributed by atoms with Crippen molar-refractivity contribution in [2.45, 2.75) is 50.8 Å². The molecule has 198 valence electrons. The highest BCUT2D eigenvalue weighted by Crippen LogP contribution is 2.46. The zero-order valence-electron chi connectivity index (χ0n) is 20.6. The summed E-state index contributed by atoms with van der Waals surface area (Å²) in [5.41, 5.74) is -0.913. The molecule has 2 aliphatic rings. The Hall–Kier alpha value is -4.15. The van der Waals surface area contributed by atoms with Gasteiger partial charge >= 0.3 is 6.16 Å². The van der Waals surface area contributed by atoms with Crippen LogP contribution < -0.4 is 10.2 Å². The van der Waals surface area contributed by atoms with Crippen LogP contribution in [0.5, 0.6) is 5.75 Å². The Bertz CT molecular complexity index is 1470. The van der Waals surface area contributed by atoms with E-state index in [1.54, 1.807) is 19.9 Å². The Balaban J connectivity index is 1.76. The number of rotatable bonds is 5. The molecule has 11 heteroatoms. The highest BCUT2D eigenvalue weighted by molar-refractivity contribution is 5.97. The van der Waals surface area contributed by atoms with Gasteiger partial charge in [-0.05, 0) is 50.5 Å². The molecule has 0 aliphatic carbocycles. The molecule has 2 aliphatic heterocycles. The first-order valence-corrected chi connectivity index (χ1v) is 12.2. The van der Waals surface area contributed by atoms with Crippen LogP contribution in [0.2, 0.25) is 0 Å². The zero-order valence-corrected chi connectivity index (χ0v) is 20.6. The van der Waals surface area contributed by atoms with Crippen LogP contribution in [0.1, 0.15) is 60.3 Å². The lowest BCUT2D eigenvalue weighted by molar-refractivity contribution is 0.0543. The van der Waals surface area contributed by atoms with E-state index in [0.29, 0.717) is 24.9 Å². The van der Waals surface area contributed by atoms with Crippen LogP contribution in [-0.2, 0) is 4.74 Å². The van der Waals surface area contributed by atoms with Crippen LogP contribution in [-0.4, -0.2) is 45.4 Å². The molecule has 1 fully saturated rings. The third-order valence-electron chi connectivity index (χ3n) is 6.79. The summed E-state index contributed by atoms with van der Waals surface area (Å²) >= 11 is 0. The highest BCUT2D eigenvalue weighted by atomic mass is 19.2. The molecule has 0 radical (unpaired) electrons. The molecule has 3 heterocycles. The molecule has 1 aromatic heterocycles. The lowest BCUT2D eigenvalue weighted by Crippen LogP contribution is -2.51. The van der Waals surface area contributed by atoms with Gasteiger partial charge in [-0.25, -0.2) is 22.6 Å². The Morgan fingerprint density at radius 3 is 2.61 bits per heavy atom. The molecule has 3 atom stereocenters. The third kappa shape index (κ3) is 4.42. The second-order valence-electron chi connectivity index (χ2n) is 9.52. The van der Waals surface area contributed by atoms with Crippen molar-refractivity contribution in [1.82, 2.24) is 14.7 Å². The van der Waals surface area contributed by atoms with Crippen LogP contribution in [0.25, 0.3) is 0 Å². The van der Waals surface area contributed by atoms with Crippen LogP contribution in [0.4, 0.5) is 18.0 Å². The molecule has 38 heavy (non-hydrogen) atoms. The van der Waals surface area contributed by atoms with Gasteiger partial charge in [0.05, 0.1) is 24.4 Å². The highest BCUT2D eigenvalue weighted by Gasteiger charge is 2.49. The number of halogens is 3. The average Bonchev–Trinajstić information content (AvgIpc) is 3.35. The van der Waals surface area contributed by atoms with Crippen LogP contribution in [0.3, 0.4) is 0 Å². The van der Waals surface area contributed by atoms with Crippen LogP contribution in [0, 0.1) is 17.5 Å². The van der Waals surface area contributed by atoms with E-state index in [0.717, 1.165) is 12.3 Å². The Kier molecular flexibility index (Phi) is 6.68. The van der Waals surface area contributed by atoms with Gasteiger partial charge in [0.1, 0.15) is 5.82 Å². The average molecular weight is 527 g/mol. The van der Waals surface area contributed by atoms with E-state index in [9.17, 15) is 23.2 Å². The van der Waals surface area contributed by atoms with Gasteiger partial charge in [0.25, 0.3) is 5.91 Å². The van der Waals surface area contributed by atoms with E-state index in [1.165, 1.54) is 39.9 Å². The van der Waals surface area contributed by atoms with Crippen molar-refractivity contribution >= 4 is 12.1 Å². The minimum atomic E-state index is -1.18. The molecule has 5 rings (SSSR count). The SMILES string of the molecule is CC(C)OC(=O)Oc1c2n(ncc1=O)[C@@H](C(c1cccc(F)c1)c1cccc(F)c1F)[C@H]1CCCN1C2=O. The van der Waals surface area contributed by atoms with Gasteiger partial charge < -0.3 is 14.4 Å². The lowest BCUT2D eigenvalue weighted by Gasteiger charge is -2.42. The number of hydrogen-bond donors (Lipinski definition) is 0. The van der Waals surface area contributed by atoms with Gasteiger partial charge in [0.2, 0.25) is 11.2 Å². The molecule has 0 N–H and O–H groups in total. The molecule has 2 aromatic carbocycles. The van der Waals surface area contributed by atoms with Crippen LogP contribution in [0.15, 0.2) is 53.5 Å². The fourth-order valence-corrected chi connectivity index (χ4v) is 5.35.